The third kappa shape index (κ3) is 3.56. The molecule has 0 bridgehead atoms. The number of thiazole rings is 1. The molecule has 29 heavy (non-hydrogen) atoms. The Hall–Kier alpha value is -3.33. The van der Waals surface area contributed by atoms with Crippen molar-refractivity contribution in [3.63, 3.8) is 0 Å². The summed E-state index contributed by atoms with van der Waals surface area (Å²) >= 11 is 1.58. The molecule has 0 spiro atoms. The van der Waals surface area contributed by atoms with Crippen molar-refractivity contribution >= 4 is 32.6 Å². The second-order valence-electron chi connectivity index (χ2n) is 6.96. The summed E-state index contributed by atoms with van der Waals surface area (Å²) in [5.41, 5.74) is 2.16. The Morgan fingerprint density at radius 3 is 2.76 bits per heavy atom. The molecule has 146 valence electrons. The van der Waals surface area contributed by atoms with Crippen LogP contribution in [0.4, 0.5) is 5.13 Å². The first-order chi connectivity index (χ1) is 14.3. The highest BCUT2D eigenvalue weighted by molar-refractivity contribution is 7.22. The smallest absolute Gasteiger partial charge is 0.253 e. The number of rotatable bonds is 5. The second kappa shape index (κ2) is 7.59. The lowest BCUT2D eigenvalue weighted by Gasteiger charge is -2.22. The van der Waals surface area contributed by atoms with Crippen LogP contribution in [0.25, 0.3) is 15.9 Å². The Morgan fingerprint density at radius 2 is 1.90 bits per heavy atom. The minimum atomic E-state index is -0.120. The van der Waals surface area contributed by atoms with Crippen molar-refractivity contribution in [1.82, 2.24) is 30.3 Å². The molecule has 2 N–H and O–H groups in total. The molecule has 0 saturated heterocycles. The first-order valence-electron chi connectivity index (χ1n) is 9.51. The van der Waals surface area contributed by atoms with Gasteiger partial charge in [0.05, 0.1) is 33.9 Å². The average molecular weight is 405 g/mol. The van der Waals surface area contributed by atoms with E-state index >= 15 is 0 Å². The fourth-order valence-electron chi connectivity index (χ4n) is 3.73. The molecule has 1 aromatic carbocycles. The molecule has 0 aliphatic heterocycles. The molecular weight excluding hydrogens is 386 g/mol. The number of amides is 1. The van der Waals surface area contributed by atoms with Crippen LogP contribution >= 0.6 is 11.3 Å². The van der Waals surface area contributed by atoms with Gasteiger partial charge in [-0.05, 0) is 37.5 Å². The maximum absolute atomic E-state index is 13.0. The van der Waals surface area contributed by atoms with Crippen LogP contribution in [-0.2, 0) is 0 Å². The number of hydrogen-bond acceptors (Lipinski definition) is 7. The molecule has 1 unspecified atom stereocenters. The number of para-hydroxylation sites is 1. The topological polar surface area (TPSA) is 97.6 Å². The molecular formula is C20H19N7OS. The Labute approximate surface area is 171 Å². The van der Waals surface area contributed by atoms with Gasteiger partial charge in [-0.3, -0.25) is 9.78 Å². The molecule has 2 atom stereocenters. The summed E-state index contributed by atoms with van der Waals surface area (Å²) in [6, 6.07) is 9.44. The third-order valence-electron chi connectivity index (χ3n) is 5.12. The molecule has 3 heterocycles. The number of hydrogen-bond donors (Lipinski definition) is 2. The van der Waals surface area contributed by atoms with E-state index in [0.717, 1.165) is 34.6 Å². The van der Waals surface area contributed by atoms with Gasteiger partial charge in [0.15, 0.2) is 5.13 Å². The minimum Gasteiger partial charge on any atom is -0.357 e. The molecule has 9 heteroatoms. The van der Waals surface area contributed by atoms with Gasteiger partial charge in [0.1, 0.15) is 0 Å². The van der Waals surface area contributed by atoms with E-state index in [4.69, 9.17) is 0 Å². The standard InChI is InChI=1S/C20H19N7OS/c28-19(13-4-1-2-7-17(13)27-22-10-11-23-27)24-14-5-3-6-15(14)25-20-26-16-8-9-21-12-18(16)29-20/h1-2,4,7-12,14-15H,3,5-6H2,(H,24,28)(H,25,26)/t14?,15-/m0/s1. The van der Waals surface area contributed by atoms with Gasteiger partial charge in [-0.25, -0.2) is 4.98 Å². The highest BCUT2D eigenvalue weighted by atomic mass is 32.1. The maximum Gasteiger partial charge on any atom is 0.253 e. The van der Waals surface area contributed by atoms with Gasteiger partial charge in [0, 0.05) is 24.5 Å². The fourth-order valence-corrected chi connectivity index (χ4v) is 4.63. The molecule has 3 aromatic heterocycles. The molecule has 1 fully saturated rings. The first-order valence-corrected chi connectivity index (χ1v) is 10.3. The van der Waals surface area contributed by atoms with E-state index in [1.165, 1.54) is 4.80 Å². The van der Waals surface area contributed by atoms with Crippen LogP contribution in [-0.4, -0.2) is 43.0 Å². The van der Waals surface area contributed by atoms with E-state index in [2.05, 4.69) is 30.8 Å². The highest BCUT2D eigenvalue weighted by Gasteiger charge is 2.30. The van der Waals surface area contributed by atoms with Crippen LogP contribution in [0, 0.1) is 0 Å². The number of benzene rings is 1. The Morgan fingerprint density at radius 1 is 1.07 bits per heavy atom. The van der Waals surface area contributed by atoms with Crippen molar-refractivity contribution < 1.29 is 4.79 Å². The predicted octanol–water partition coefficient (Wildman–Crippen LogP) is 3.04. The van der Waals surface area contributed by atoms with Crippen molar-refractivity contribution in [2.24, 2.45) is 0 Å². The van der Waals surface area contributed by atoms with Crippen LogP contribution in [0.5, 0.6) is 0 Å². The van der Waals surface area contributed by atoms with Crippen LogP contribution in [0.3, 0.4) is 0 Å². The molecule has 1 saturated carbocycles. The lowest BCUT2D eigenvalue weighted by molar-refractivity contribution is 0.0935. The fraction of sp³-hybridized carbons (Fsp3) is 0.250. The maximum atomic E-state index is 13.0. The first kappa shape index (κ1) is 17.7. The van der Waals surface area contributed by atoms with Crippen LogP contribution in [0.15, 0.2) is 55.1 Å². The predicted molar refractivity (Wildman–Crippen MR) is 111 cm³/mol. The van der Waals surface area contributed by atoms with Gasteiger partial charge >= 0.3 is 0 Å². The molecule has 0 radical (unpaired) electrons. The second-order valence-corrected chi connectivity index (χ2v) is 7.99. The number of nitrogens with zero attached hydrogens (tertiary/aromatic N) is 5. The van der Waals surface area contributed by atoms with E-state index in [0.29, 0.717) is 11.3 Å². The van der Waals surface area contributed by atoms with Gasteiger partial charge in [0.2, 0.25) is 0 Å². The monoisotopic (exact) mass is 405 g/mol. The SMILES string of the molecule is O=C(NC1CCC[C@@H]1Nc1nc2ccncc2s1)c1ccccc1-n1nccn1. The number of nitrogens with one attached hydrogen (secondary N) is 2. The summed E-state index contributed by atoms with van der Waals surface area (Å²) in [6.07, 6.45) is 9.73. The van der Waals surface area contributed by atoms with Crippen molar-refractivity contribution in [3.8, 4) is 5.69 Å². The van der Waals surface area contributed by atoms with Crippen molar-refractivity contribution in [2.45, 2.75) is 31.3 Å². The molecule has 5 rings (SSSR count). The van der Waals surface area contributed by atoms with Gasteiger partial charge in [-0.2, -0.15) is 15.0 Å². The zero-order valence-corrected chi connectivity index (χ0v) is 16.3. The van der Waals surface area contributed by atoms with Crippen molar-refractivity contribution in [1.29, 1.82) is 0 Å². The van der Waals surface area contributed by atoms with E-state index in [1.54, 1.807) is 36.0 Å². The summed E-state index contributed by atoms with van der Waals surface area (Å²) in [6.45, 7) is 0. The number of aromatic nitrogens is 5. The molecule has 1 amide bonds. The van der Waals surface area contributed by atoms with Crippen LogP contribution in [0.1, 0.15) is 29.6 Å². The van der Waals surface area contributed by atoms with Gasteiger partial charge in [0.25, 0.3) is 5.91 Å². The lowest BCUT2D eigenvalue weighted by atomic mass is 10.1. The van der Waals surface area contributed by atoms with Gasteiger partial charge < -0.3 is 10.6 Å². The zero-order chi connectivity index (χ0) is 19.6. The number of carbonyl (C=O) groups is 1. The summed E-state index contributed by atoms with van der Waals surface area (Å²) in [7, 11) is 0. The Balaban J connectivity index is 1.33. The minimum absolute atomic E-state index is 0.0336. The number of fused-ring (bicyclic) bond motifs is 1. The van der Waals surface area contributed by atoms with E-state index in [9.17, 15) is 4.79 Å². The van der Waals surface area contributed by atoms with E-state index in [-0.39, 0.29) is 18.0 Å². The van der Waals surface area contributed by atoms with Crippen LogP contribution in [0.2, 0.25) is 0 Å². The Bertz CT molecular complexity index is 1110. The number of anilines is 1. The largest absolute Gasteiger partial charge is 0.357 e. The van der Waals surface area contributed by atoms with Crippen LogP contribution < -0.4 is 10.6 Å². The Kier molecular flexibility index (Phi) is 4.65. The highest BCUT2D eigenvalue weighted by Crippen LogP contribution is 2.29. The summed E-state index contributed by atoms with van der Waals surface area (Å²) in [5.74, 6) is -0.120. The molecule has 4 aromatic rings. The third-order valence-corrected chi connectivity index (χ3v) is 6.05. The van der Waals surface area contributed by atoms with Crippen molar-refractivity contribution in [3.05, 3.63) is 60.7 Å². The quantitative estimate of drug-likeness (QED) is 0.530. The summed E-state index contributed by atoms with van der Waals surface area (Å²) in [4.78, 5) is 23.3. The van der Waals surface area contributed by atoms with Gasteiger partial charge in [-0.15, -0.1) is 0 Å². The molecule has 1 aliphatic carbocycles. The lowest BCUT2D eigenvalue weighted by Crippen LogP contribution is -2.43. The summed E-state index contributed by atoms with van der Waals surface area (Å²) < 4.78 is 1.05. The summed E-state index contributed by atoms with van der Waals surface area (Å²) in [5, 5.41) is 15.9. The molecule has 8 nitrogen and oxygen atoms in total. The van der Waals surface area contributed by atoms with Crippen molar-refractivity contribution in [2.75, 3.05) is 5.32 Å². The van der Waals surface area contributed by atoms with E-state index < -0.39 is 0 Å². The normalized spacial score (nSPS) is 18.8. The molecule has 1 aliphatic rings. The number of carbonyl (C=O) groups excluding carboxylic acids is 1. The van der Waals surface area contributed by atoms with Gasteiger partial charge in [-0.1, -0.05) is 23.5 Å². The van der Waals surface area contributed by atoms with E-state index in [1.807, 2.05) is 30.5 Å². The zero-order valence-electron chi connectivity index (χ0n) is 15.5. The average Bonchev–Trinajstić information content (AvgIpc) is 3.49. The number of pyridine rings is 1.